The SMILES string of the molecule is CC(=O)/C=C/C1=C(OS(=O)(=O)C(F)(F)F)CCN(C(=O)OC(C)(C)C)C1.COc1cc(Br)c(Cl)cc1-n1c2c(ccc1=O)CN(C(=O)OC(C)(C)C)CC2.COc1cc(Br)c(Cl)cc1-n1c2c(ccc1=O)CN(S(=O)(=O)Nc1ccon1)CC2.COc1cc(Br)c(Cl)cc1-n1c2c(ccc1=O)CNCC2.Cc1cc(C)c(Cl)cc1N.O=C1OCCN1S(=O)(=O)Nc1ccon1. The monoisotopic (exact) mass is 2140 g/mol. The summed E-state index contributed by atoms with van der Waals surface area (Å²) in [5.74, 6) is 0.824. The molecule has 130 heavy (non-hydrogen) atoms. The number of benzene rings is 4. The standard InChI is InChI=1S/C20H22BrClN2O4.C18H16BrClN4O5S.C15H14BrClN2O2.C15H20F3NO6S.C8H10ClN.C6H7N3O5S/c1-20(2,3)28-19(26)23-8-7-15-12(11-23)5-6-18(25)24(15)16-10-14(22)13(21)9-17(16)27-4;1-28-16-8-12(19)13(20)9-15(16)24-14-4-6-23(10-11(14)2-3-18(24)25)30(26,27)22-17-5-7-29-21-17;1-21-14-6-10(16)11(17)7-13(14)19-12-4-5-18-8-9(12)2-3-15(19)20;1-10(20)5-6-11-9-19(13(21)24-14(2,3)4)8-7-12(11)25-26(22,23)15(16,17)18;1-5-3-6(2)8(10)4-7(5)9;10-6-9(2-4-13-6)15(11,12)8-5-1-3-14-7-5/h5-6,9-10H,7-8,11H2,1-4H3;2-3,5,7-9H,4,6,10H2,1H3,(H,21,22);2-3,6-7,18H,4-5,8H2,1H3;5-6H,7-9H2,1-4H3;3-4H,10H2,1-2H3;1,3H,2,4H2,(H,7,8)/b;;;6-5+;;. The number of hydrogen-bond donors (Lipinski definition) is 4. The van der Waals surface area contributed by atoms with Crippen LogP contribution in [0.5, 0.6) is 17.2 Å². The number of carbonyl (C=O) groups is 4. The van der Waals surface area contributed by atoms with Crippen LogP contribution >= 0.6 is 94.2 Å². The van der Waals surface area contributed by atoms with Crippen LogP contribution in [-0.4, -0.2) is 176 Å². The molecule has 48 heteroatoms. The Morgan fingerprint density at radius 2 is 0.992 bits per heavy atom. The molecule has 0 spiro atoms. The zero-order chi connectivity index (χ0) is 96.0. The molecule has 0 unspecified atom stereocenters. The first-order chi connectivity index (χ1) is 60.8. The minimum atomic E-state index is -5.85. The van der Waals surface area contributed by atoms with Gasteiger partial charge in [-0.1, -0.05) is 81.0 Å². The highest BCUT2D eigenvalue weighted by molar-refractivity contribution is 9.11. The van der Waals surface area contributed by atoms with Crippen molar-refractivity contribution >= 4 is 166 Å². The average molecular weight is 2140 g/mol. The number of halogens is 10. The molecule has 4 aromatic carbocycles. The maximum absolute atomic E-state index is 12.7. The predicted octanol–water partition coefficient (Wildman–Crippen LogP) is 15.6. The van der Waals surface area contributed by atoms with Crippen LogP contribution in [-0.2, 0) is 92.6 Å². The topological polar surface area (TPSA) is 428 Å². The Bertz CT molecular complexity index is 6290. The molecule has 5 aromatic heterocycles. The molecule has 3 amide bonds. The van der Waals surface area contributed by atoms with Gasteiger partial charge in [0.2, 0.25) is 0 Å². The van der Waals surface area contributed by atoms with E-state index in [0.29, 0.717) is 99.8 Å². The van der Waals surface area contributed by atoms with E-state index in [1.807, 2.05) is 46.8 Å². The van der Waals surface area contributed by atoms with Crippen molar-refractivity contribution in [3.63, 3.8) is 0 Å². The molecule has 5 aliphatic heterocycles. The van der Waals surface area contributed by atoms with Crippen molar-refractivity contribution in [3.05, 3.63) is 243 Å². The smallest absolute Gasteiger partial charge is 0.495 e. The van der Waals surface area contributed by atoms with Crippen molar-refractivity contribution in [3.8, 4) is 34.3 Å². The number of nitrogens with one attached hydrogen (secondary N) is 3. The number of ketones is 1. The molecular formula is C82H89Br3Cl4F3N13O22S3. The number of fused-ring (bicyclic) bond motifs is 3. The van der Waals surface area contributed by atoms with E-state index in [-0.39, 0.29) is 85.7 Å². The molecular weight excluding hydrogens is 2050 g/mol. The highest BCUT2D eigenvalue weighted by Crippen LogP contribution is 2.39. The summed E-state index contributed by atoms with van der Waals surface area (Å²) >= 11 is 34.6. The van der Waals surface area contributed by atoms with E-state index in [1.54, 1.807) is 110 Å². The van der Waals surface area contributed by atoms with Gasteiger partial charge in [-0.25, -0.2) is 19.1 Å². The van der Waals surface area contributed by atoms with Gasteiger partial charge in [0.05, 0.1) is 73.1 Å². The molecule has 14 rings (SSSR count). The van der Waals surface area contributed by atoms with Crippen LogP contribution in [0.25, 0.3) is 17.1 Å². The molecule has 35 nitrogen and oxygen atoms in total. The van der Waals surface area contributed by atoms with Crippen LogP contribution in [0.4, 0.5) is 44.9 Å². The summed E-state index contributed by atoms with van der Waals surface area (Å²) < 4.78 is 166. The molecule has 0 saturated carbocycles. The number of methoxy groups -OCH3 is 3. The van der Waals surface area contributed by atoms with Gasteiger partial charge in [0.15, 0.2) is 17.4 Å². The number of hydrogen-bond acceptors (Lipinski definition) is 26. The molecule has 0 aliphatic carbocycles. The highest BCUT2D eigenvalue weighted by Gasteiger charge is 2.49. The number of anilines is 3. The summed E-state index contributed by atoms with van der Waals surface area (Å²) in [7, 11) is -9.00. The molecule has 0 bridgehead atoms. The Labute approximate surface area is 790 Å². The third-order valence-electron chi connectivity index (χ3n) is 18.9. The number of aromatic nitrogens is 5. The molecule has 10 heterocycles. The van der Waals surface area contributed by atoms with E-state index in [4.69, 9.17) is 75.8 Å². The molecule has 1 saturated heterocycles. The minimum absolute atomic E-state index is 0.00792. The number of nitrogen functional groups attached to an aromatic ring is 1. The number of nitrogens with two attached hydrogens (primary N) is 1. The first-order valence-corrected chi connectivity index (χ1v) is 47.0. The third kappa shape index (κ3) is 27.1. The van der Waals surface area contributed by atoms with Gasteiger partial charge in [0, 0.05) is 142 Å². The zero-order valence-corrected chi connectivity index (χ0v) is 81.8. The van der Waals surface area contributed by atoms with Crippen molar-refractivity contribution in [2.24, 2.45) is 0 Å². The van der Waals surface area contributed by atoms with Crippen molar-refractivity contribution in [2.75, 3.05) is 82.4 Å². The van der Waals surface area contributed by atoms with Crippen molar-refractivity contribution in [1.82, 2.24) is 47.7 Å². The molecule has 5 aliphatic rings. The average Bonchev–Trinajstić information content (AvgIpc) is 0.869. The second-order valence-electron chi connectivity index (χ2n) is 30.6. The van der Waals surface area contributed by atoms with E-state index in [9.17, 15) is 72.0 Å². The summed E-state index contributed by atoms with van der Waals surface area (Å²) in [5, 5.41) is 12.4. The van der Waals surface area contributed by atoms with Crippen LogP contribution in [0.3, 0.4) is 0 Å². The van der Waals surface area contributed by atoms with E-state index < -0.39 is 71.0 Å². The lowest BCUT2D eigenvalue weighted by molar-refractivity contribution is -0.112. The van der Waals surface area contributed by atoms with Crippen molar-refractivity contribution < 1.29 is 99.3 Å². The molecule has 702 valence electrons. The number of aryl methyl sites for hydroxylation is 2. The number of rotatable bonds is 16. The highest BCUT2D eigenvalue weighted by atomic mass is 79.9. The lowest BCUT2D eigenvalue weighted by Crippen LogP contribution is -2.41. The van der Waals surface area contributed by atoms with Gasteiger partial charge < -0.3 is 62.5 Å². The van der Waals surface area contributed by atoms with E-state index >= 15 is 0 Å². The quantitative estimate of drug-likeness (QED) is 0.0229. The fourth-order valence-electron chi connectivity index (χ4n) is 12.9. The van der Waals surface area contributed by atoms with Gasteiger partial charge in [-0.05, 0) is 193 Å². The zero-order valence-electron chi connectivity index (χ0n) is 71.5. The number of pyridine rings is 3. The molecule has 9 aromatic rings. The van der Waals surface area contributed by atoms with Gasteiger partial charge in [0.1, 0.15) is 53.3 Å². The van der Waals surface area contributed by atoms with Gasteiger partial charge >= 0.3 is 54.3 Å². The largest absolute Gasteiger partial charge is 0.534 e. The van der Waals surface area contributed by atoms with Crippen LogP contribution in [0.15, 0.2) is 170 Å². The predicted molar refractivity (Wildman–Crippen MR) is 491 cm³/mol. The number of cyclic esters (lactones) is 1. The Balaban J connectivity index is 0.000000180. The molecule has 0 radical (unpaired) electrons. The maximum Gasteiger partial charge on any atom is 0.534 e. The number of nitrogens with zero attached hydrogens (tertiary/aromatic N) is 9. The minimum Gasteiger partial charge on any atom is -0.495 e. The van der Waals surface area contributed by atoms with Gasteiger partial charge in [0.25, 0.3) is 16.7 Å². The maximum atomic E-state index is 12.7. The van der Waals surface area contributed by atoms with E-state index in [2.05, 4.69) is 90.8 Å². The van der Waals surface area contributed by atoms with Crippen LogP contribution in [0, 0.1) is 13.8 Å². The number of amides is 3. The fraction of sp³-hybridized carbons (Fsp3) is 0.354. The van der Waals surface area contributed by atoms with Gasteiger partial charge in [-0.3, -0.25) is 37.6 Å². The van der Waals surface area contributed by atoms with Crippen molar-refractivity contribution in [2.45, 2.75) is 124 Å². The van der Waals surface area contributed by atoms with Crippen LogP contribution < -0.4 is 51.4 Å². The summed E-state index contributed by atoms with van der Waals surface area (Å²) in [4.78, 5) is 87.3. The Hall–Kier alpha value is -10.1. The summed E-state index contributed by atoms with van der Waals surface area (Å²) in [5.41, 5.74) is 8.05. The normalized spacial score (nSPS) is 14.6. The Kier molecular flexibility index (Phi) is 35.0. The second-order valence-corrected chi connectivity index (χ2v) is 39.6. The number of allylic oxidation sites excluding steroid dienone is 1. The number of ether oxygens (including phenoxy) is 6. The molecule has 0 atom stereocenters. The fourth-order valence-corrected chi connectivity index (χ4v) is 17.2. The lowest BCUT2D eigenvalue weighted by Gasteiger charge is -2.32. The van der Waals surface area contributed by atoms with Gasteiger partial charge in [-0.2, -0.15) is 47.0 Å². The van der Waals surface area contributed by atoms with Crippen molar-refractivity contribution in [1.29, 1.82) is 0 Å². The van der Waals surface area contributed by atoms with Crippen LogP contribution in [0.2, 0.25) is 20.1 Å². The molecule has 1 fully saturated rings. The summed E-state index contributed by atoms with van der Waals surface area (Å²) in [6, 6.07) is 26.6. The first kappa shape index (κ1) is 104. The Morgan fingerprint density at radius 3 is 1.42 bits per heavy atom. The summed E-state index contributed by atoms with van der Waals surface area (Å²) in [6.07, 6.45) is 4.02. The number of alkyl halides is 3. The number of carbonyl (C=O) groups excluding carboxylic acids is 4. The second kappa shape index (κ2) is 43.9. The first-order valence-electron chi connectivity index (χ1n) is 38.8. The van der Waals surface area contributed by atoms with E-state index in [1.165, 1.54) is 64.6 Å². The summed E-state index contributed by atoms with van der Waals surface area (Å²) in [6.45, 7) is 18.0. The van der Waals surface area contributed by atoms with Gasteiger partial charge in [-0.15, -0.1) is 0 Å². The van der Waals surface area contributed by atoms with E-state index in [0.717, 1.165) is 80.5 Å². The third-order valence-corrected chi connectivity index (χ3v) is 26.7. The Morgan fingerprint density at radius 1 is 0.554 bits per heavy atom. The van der Waals surface area contributed by atoms with Crippen LogP contribution in [0.1, 0.15) is 99.8 Å². The molecule has 5 N–H and O–H groups in total. The lowest BCUT2D eigenvalue weighted by atomic mass is 10.0.